The molecule has 1 unspecified atom stereocenters. The molecule has 0 saturated carbocycles. The van der Waals surface area contributed by atoms with Crippen LogP contribution in [0.2, 0.25) is 0 Å². The zero-order valence-electron chi connectivity index (χ0n) is 25.4. The Hall–Kier alpha value is -4.95. The van der Waals surface area contributed by atoms with Crippen LogP contribution in [0.1, 0.15) is 49.6 Å². The summed E-state index contributed by atoms with van der Waals surface area (Å²) in [6, 6.07) is 27.1. The summed E-state index contributed by atoms with van der Waals surface area (Å²) >= 11 is 0. The van der Waals surface area contributed by atoms with Crippen LogP contribution in [0.15, 0.2) is 95.4 Å². The van der Waals surface area contributed by atoms with Crippen LogP contribution in [-0.4, -0.2) is 46.1 Å². The van der Waals surface area contributed by atoms with Crippen molar-refractivity contribution in [2.75, 3.05) is 13.4 Å². The van der Waals surface area contributed by atoms with Crippen molar-refractivity contribution < 1.29 is 28.6 Å². The van der Waals surface area contributed by atoms with E-state index in [9.17, 15) is 14.7 Å². The second kappa shape index (κ2) is 13.4. The van der Waals surface area contributed by atoms with Gasteiger partial charge in [0.25, 0.3) is 5.91 Å². The van der Waals surface area contributed by atoms with Crippen LogP contribution in [-0.2, 0) is 16.1 Å². The third-order valence-corrected chi connectivity index (χ3v) is 8.58. The summed E-state index contributed by atoms with van der Waals surface area (Å²) in [5.41, 5.74) is 3.33. The number of carbonyl (C=O) groups excluding carboxylic acids is 2. The van der Waals surface area contributed by atoms with Gasteiger partial charge in [-0.3, -0.25) is 9.59 Å². The number of hydrogen-bond donors (Lipinski definition) is 1. The number of aliphatic hydroxyl groups is 1. The summed E-state index contributed by atoms with van der Waals surface area (Å²) in [5, 5.41) is 12.0. The van der Waals surface area contributed by atoms with E-state index >= 15 is 0 Å². The summed E-state index contributed by atoms with van der Waals surface area (Å²) in [5.74, 6) is -0.383. The first-order valence-electron chi connectivity index (χ1n) is 15.3. The van der Waals surface area contributed by atoms with Crippen LogP contribution in [0.3, 0.4) is 0 Å². The Morgan fingerprint density at radius 3 is 2.53 bits per heavy atom. The van der Waals surface area contributed by atoms with Crippen molar-refractivity contribution in [2.24, 2.45) is 5.92 Å². The summed E-state index contributed by atoms with van der Waals surface area (Å²) in [4.78, 5) is 33.6. The molecule has 0 aliphatic carbocycles. The lowest BCUT2D eigenvalue weighted by molar-refractivity contribution is -0.149. The molecule has 1 N–H and O–H groups in total. The average molecular weight is 605 g/mol. The van der Waals surface area contributed by atoms with E-state index in [0.29, 0.717) is 35.8 Å². The molecule has 1 aromatic heterocycles. The van der Waals surface area contributed by atoms with Gasteiger partial charge in [0.1, 0.15) is 5.52 Å². The molecule has 1 amide bonds. The number of para-hydroxylation sites is 2. The van der Waals surface area contributed by atoms with Gasteiger partial charge >= 0.3 is 0 Å². The first-order chi connectivity index (χ1) is 21.9. The topological polar surface area (TPSA) is 102 Å². The Morgan fingerprint density at radius 1 is 0.956 bits per heavy atom. The van der Waals surface area contributed by atoms with Crippen molar-refractivity contribution in [2.45, 2.75) is 45.2 Å². The normalized spacial score (nSPS) is 14.6. The number of amides is 1. The lowest BCUT2D eigenvalue weighted by atomic mass is 9.87. The molecular formula is C37H36N2O6. The largest absolute Gasteiger partial charge is 0.454 e. The quantitative estimate of drug-likeness (QED) is 0.155. The van der Waals surface area contributed by atoms with Crippen molar-refractivity contribution in [1.82, 2.24) is 9.88 Å². The monoisotopic (exact) mass is 604 g/mol. The molecule has 1 aliphatic rings. The second-order valence-corrected chi connectivity index (χ2v) is 11.4. The highest BCUT2D eigenvalue weighted by Gasteiger charge is 2.34. The average Bonchev–Trinajstić information content (AvgIpc) is 3.72. The van der Waals surface area contributed by atoms with E-state index in [-0.39, 0.29) is 25.9 Å². The molecule has 2 heterocycles. The molecule has 6 rings (SSSR count). The van der Waals surface area contributed by atoms with Gasteiger partial charge in [0.05, 0.1) is 12.5 Å². The number of allylic oxidation sites excluding steroid dienone is 1. The number of rotatable bonds is 12. The molecule has 45 heavy (non-hydrogen) atoms. The fraction of sp³-hybridized carbons (Fsp3) is 0.270. The smallest absolute Gasteiger partial charge is 0.290 e. The predicted molar refractivity (Wildman–Crippen MR) is 173 cm³/mol. The Labute approximate surface area is 261 Å². The number of nitrogens with zero attached hydrogens (tertiary/aromatic N) is 2. The molecule has 230 valence electrons. The number of hydrogen-bond acceptors (Lipinski definition) is 7. The maximum absolute atomic E-state index is 14.0. The van der Waals surface area contributed by atoms with E-state index in [1.165, 1.54) is 0 Å². The van der Waals surface area contributed by atoms with Gasteiger partial charge in [0.2, 0.25) is 18.5 Å². The molecule has 0 spiro atoms. The third kappa shape index (κ3) is 6.47. The van der Waals surface area contributed by atoms with Gasteiger partial charge in [-0.2, -0.15) is 0 Å². The molecule has 4 aromatic carbocycles. The van der Waals surface area contributed by atoms with E-state index < -0.39 is 23.7 Å². The molecule has 5 aromatic rings. The van der Waals surface area contributed by atoms with Gasteiger partial charge in [-0.25, -0.2) is 4.98 Å². The molecular weight excluding hydrogens is 568 g/mol. The first-order valence-corrected chi connectivity index (χ1v) is 15.3. The maximum atomic E-state index is 14.0. The maximum Gasteiger partial charge on any atom is 0.290 e. The highest BCUT2D eigenvalue weighted by Crippen LogP contribution is 2.38. The lowest BCUT2D eigenvalue weighted by Gasteiger charge is -2.35. The highest BCUT2D eigenvalue weighted by molar-refractivity contribution is 6.37. The number of ketones is 1. The van der Waals surface area contributed by atoms with Crippen molar-refractivity contribution in [3.05, 3.63) is 108 Å². The highest BCUT2D eigenvalue weighted by atomic mass is 16.7. The molecule has 8 heteroatoms. The molecule has 0 saturated heterocycles. The minimum atomic E-state index is -0.758. The number of carbonyl (C=O) groups is 2. The van der Waals surface area contributed by atoms with Crippen LogP contribution in [0.4, 0.5) is 0 Å². The molecule has 1 aliphatic heterocycles. The minimum absolute atomic E-state index is 0.150. The summed E-state index contributed by atoms with van der Waals surface area (Å²) in [7, 11) is 0. The Bertz CT molecular complexity index is 1820. The Balaban J connectivity index is 1.36. The second-order valence-electron chi connectivity index (χ2n) is 11.4. The van der Waals surface area contributed by atoms with E-state index in [1.54, 1.807) is 11.8 Å². The van der Waals surface area contributed by atoms with E-state index in [2.05, 4.69) is 11.1 Å². The summed E-state index contributed by atoms with van der Waals surface area (Å²) in [6.45, 7) is 3.77. The van der Waals surface area contributed by atoms with Crippen LogP contribution in [0.5, 0.6) is 11.5 Å². The zero-order valence-corrected chi connectivity index (χ0v) is 25.4. The molecule has 0 radical (unpaired) electrons. The van der Waals surface area contributed by atoms with E-state index in [4.69, 9.17) is 13.9 Å². The predicted octanol–water partition coefficient (Wildman–Crippen LogP) is 6.90. The third-order valence-electron chi connectivity index (χ3n) is 8.58. The van der Waals surface area contributed by atoms with Crippen LogP contribution >= 0.6 is 0 Å². The number of ether oxygens (including phenoxy) is 2. The van der Waals surface area contributed by atoms with Gasteiger partial charge in [0, 0.05) is 18.5 Å². The van der Waals surface area contributed by atoms with Crippen molar-refractivity contribution >= 4 is 39.6 Å². The van der Waals surface area contributed by atoms with Gasteiger partial charge in [-0.15, -0.1) is 0 Å². The SMILES string of the molecule is CCC(CO)C(=O)C(=O)N(Cc1ccc2ccccc2c1)[C@H](C)[C@H](CC=Cc1nc2ccccc2o1)c1ccc2c(c1)OCO2. The minimum Gasteiger partial charge on any atom is -0.454 e. The van der Waals surface area contributed by atoms with Crippen LogP contribution in [0, 0.1) is 5.92 Å². The first kappa shape index (κ1) is 30.1. The van der Waals surface area contributed by atoms with Gasteiger partial charge < -0.3 is 23.9 Å². The van der Waals surface area contributed by atoms with Gasteiger partial charge in [-0.1, -0.05) is 67.6 Å². The Morgan fingerprint density at radius 2 is 1.73 bits per heavy atom. The number of aliphatic hydroxyl groups excluding tert-OH is 1. The standard InChI is InChI=1S/C37H36N2O6/c1-3-26(22-40)36(41)37(42)39(21-25-15-16-27-9-4-5-10-28(27)19-25)24(2)30(29-17-18-33-34(20-29)44-23-43-33)11-8-14-35-38-31-12-6-7-13-32(31)45-35/h4-10,12-20,24,26,30,40H,3,11,21-23H2,1-2H3/t24-,26?,30+/m1/s1. The molecule has 0 fully saturated rings. The summed E-state index contributed by atoms with van der Waals surface area (Å²) in [6.07, 6.45) is 4.72. The number of aromatic nitrogens is 1. The zero-order chi connectivity index (χ0) is 31.3. The lowest BCUT2D eigenvalue weighted by Crippen LogP contribution is -2.46. The van der Waals surface area contributed by atoms with Crippen LogP contribution in [0.25, 0.3) is 27.9 Å². The van der Waals surface area contributed by atoms with Crippen LogP contribution < -0.4 is 9.47 Å². The molecule has 0 bridgehead atoms. The molecule has 8 nitrogen and oxygen atoms in total. The van der Waals surface area contributed by atoms with E-state index in [0.717, 1.165) is 27.4 Å². The fourth-order valence-electron chi connectivity index (χ4n) is 5.90. The van der Waals surface area contributed by atoms with Gasteiger partial charge in [-0.05, 0) is 78.1 Å². The van der Waals surface area contributed by atoms with Crippen molar-refractivity contribution in [3.8, 4) is 11.5 Å². The summed E-state index contributed by atoms with van der Waals surface area (Å²) < 4.78 is 17.1. The van der Waals surface area contributed by atoms with Crippen molar-refractivity contribution in [1.29, 1.82) is 0 Å². The van der Waals surface area contributed by atoms with E-state index in [1.807, 2.05) is 97.9 Å². The van der Waals surface area contributed by atoms with Gasteiger partial charge in [0.15, 0.2) is 17.1 Å². The Kier molecular flexibility index (Phi) is 8.93. The number of Topliss-reactive ketones (excluding diaryl/α,β-unsaturated/α-hetero) is 1. The fourth-order valence-corrected chi connectivity index (χ4v) is 5.90. The number of benzene rings is 4. The van der Waals surface area contributed by atoms with Crippen molar-refractivity contribution in [3.63, 3.8) is 0 Å². The number of fused-ring (bicyclic) bond motifs is 3. The molecule has 3 atom stereocenters. The number of oxazole rings is 1.